The normalized spacial score (nSPS) is 32.6. The molecule has 0 amide bonds. The van der Waals surface area contributed by atoms with Crippen LogP contribution in [0.5, 0.6) is 0 Å². The van der Waals surface area contributed by atoms with E-state index in [1.54, 1.807) is 0 Å². The van der Waals surface area contributed by atoms with Crippen LogP contribution in [-0.2, 0) is 37.9 Å². The van der Waals surface area contributed by atoms with Gasteiger partial charge in [-0.2, -0.15) is 0 Å². The molecule has 4 saturated heterocycles. The van der Waals surface area contributed by atoms with Crippen LogP contribution in [0.4, 0.5) is 0 Å². The predicted molar refractivity (Wildman–Crippen MR) is 84.7 cm³/mol. The minimum absolute atomic E-state index is 0.236. The van der Waals surface area contributed by atoms with Crippen molar-refractivity contribution in [2.75, 3.05) is 79.3 Å². The summed E-state index contributed by atoms with van der Waals surface area (Å²) in [7, 11) is 0. The van der Waals surface area contributed by atoms with E-state index in [2.05, 4.69) is 0 Å². The Bertz CT molecular complexity index is 326. The van der Waals surface area contributed by atoms with Gasteiger partial charge in [-0.15, -0.1) is 0 Å². The van der Waals surface area contributed by atoms with Crippen LogP contribution < -0.4 is 0 Å². The number of ether oxygens (including phenoxy) is 8. The Kier molecular flexibility index (Phi) is 6.20. The van der Waals surface area contributed by atoms with E-state index in [-0.39, 0.29) is 29.8 Å². The number of hydrogen-bond donors (Lipinski definition) is 0. The maximum Gasteiger partial charge on any atom is 0.104 e. The van der Waals surface area contributed by atoms with Gasteiger partial charge in [0.15, 0.2) is 0 Å². The Morgan fingerprint density at radius 1 is 0.520 bits per heavy atom. The Labute approximate surface area is 147 Å². The lowest BCUT2D eigenvalue weighted by molar-refractivity contribution is -0.111. The van der Waals surface area contributed by atoms with E-state index in [9.17, 15) is 0 Å². The van der Waals surface area contributed by atoms with Crippen LogP contribution in [0.1, 0.15) is 0 Å². The van der Waals surface area contributed by atoms with Crippen molar-refractivity contribution in [3.05, 3.63) is 0 Å². The van der Waals surface area contributed by atoms with Crippen LogP contribution in [0, 0.1) is 5.41 Å². The third kappa shape index (κ3) is 7.07. The zero-order valence-corrected chi connectivity index (χ0v) is 14.6. The maximum atomic E-state index is 5.88. The van der Waals surface area contributed by atoms with Gasteiger partial charge in [-0.3, -0.25) is 0 Å². The number of hydrogen-bond acceptors (Lipinski definition) is 8. The third-order valence-electron chi connectivity index (χ3n) is 4.46. The SMILES string of the molecule is C(OCC(COC[C@H]1CO1)(COC[C@H]1CO1)COC[C@H]1CO1)[C@@H]1CO1. The van der Waals surface area contributed by atoms with Crippen molar-refractivity contribution in [1.29, 1.82) is 0 Å². The van der Waals surface area contributed by atoms with Crippen molar-refractivity contribution in [1.82, 2.24) is 0 Å². The van der Waals surface area contributed by atoms with Gasteiger partial charge in [0.1, 0.15) is 24.4 Å². The van der Waals surface area contributed by atoms with E-state index in [1.165, 1.54) is 0 Å². The van der Waals surface area contributed by atoms with E-state index in [0.717, 1.165) is 26.4 Å². The highest BCUT2D eigenvalue weighted by atomic mass is 16.6. The first-order valence-electron chi connectivity index (χ1n) is 9.09. The van der Waals surface area contributed by atoms with Crippen molar-refractivity contribution >= 4 is 0 Å². The predicted octanol–water partition coefficient (Wildman–Crippen LogP) is -0.366. The van der Waals surface area contributed by atoms with Gasteiger partial charge in [-0.25, -0.2) is 0 Å². The van der Waals surface area contributed by atoms with Crippen molar-refractivity contribution in [3.8, 4) is 0 Å². The minimum Gasteiger partial charge on any atom is -0.378 e. The molecule has 144 valence electrons. The summed E-state index contributed by atoms with van der Waals surface area (Å²) in [6.45, 7) is 7.59. The summed E-state index contributed by atoms with van der Waals surface area (Å²) >= 11 is 0. The topological polar surface area (TPSA) is 87.0 Å². The molecule has 4 rings (SSSR count). The van der Waals surface area contributed by atoms with E-state index in [4.69, 9.17) is 37.9 Å². The summed E-state index contributed by atoms with van der Waals surface area (Å²) in [6, 6.07) is 0. The van der Waals surface area contributed by atoms with Crippen LogP contribution in [0.15, 0.2) is 0 Å². The van der Waals surface area contributed by atoms with Gasteiger partial charge in [-0.1, -0.05) is 0 Å². The fraction of sp³-hybridized carbons (Fsp3) is 1.00. The van der Waals surface area contributed by atoms with Crippen LogP contribution in [0.2, 0.25) is 0 Å². The first kappa shape index (κ1) is 18.1. The second-order valence-electron chi connectivity index (χ2n) is 7.38. The number of epoxide rings is 4. The Morgan fingerprint density at radius 2 is 0.760 bits per heavy atom. The molecule has 4 heterocycles. The Hall–Kier alpha value is -0.320. The number of rotatable bonds is 16. The molecule has 4 atom stereocenters. The molecule has 0 aromatic heterocycles. The summed E-state index contributed by atoms with van der Waals surface area (Å²) in [5.41, 5.74) is -0.354. The van der Waals surface area contributed by atoms with E-state index >= 15 is 0 Å². The molecule has 0 spiro atoms. The molecule has 0 N–H and O–H groups in total. The molecule has 0 unspecified atom stereocenters. The maximum absolute atomic E-state index is 5.88. The summed E-state index contributed by atoms with van der Waals surface area (Å²) in [5.74, 6) is 0. The van der Waals surface area contributed by atoms with Crippen molar-refractivity contribution < 1.29 is 37.9 Å². The van der Waals surface area contributed by atoms with Crippen LogP contribution in [0.3, 0.4) is 0 Å². The lowest BCUT2D eigenvalue weighted by Crippen LogP contribution is -2.43. The third-order valence-corrected chi connectivity index (χ3v) is 4.46. The summed E-state index contributed by atoms with van der Waals surface area (Å²) in [4.78, 5) is 0. The average molecular weight is 360 g/mol. The molecule has 4 aliphatic rings. The molecule has 4 fully saturated rings. The highest BCUT2D eigenvalue weighted by Gasteiger charge is 2.36. The summed E-state index contributed by atoms with van der Waals surface area (Å²) < 4.78 is 44.4. The van der Waals surface area contributed by atoms with Gasteiger partial charge in [0.25, 0.3) is 0 Å². The lowest BCUT2D eigenvalue weighted by Gasteiger charge is -2.32. The van der Waals surface area contributed by atoms with Gasteiger partial charge in [0, 0.05) is 0 Å². The zero-order chi connectivity index (χ0) is 17.0. The van der Waals surface area contributed by atoms with Gasteiger partial charge in [-0.05, 0) is 0 Å². The first-order valence-corrected chi connectivity index (χ1v) is 9.09. The zero-order valence-electron chi connectivity index (χ0n) is 14.6. The largest absolute Gasteiger partial charge is 0.378 e. The van der Waals surface area contributed by atoms with Crippen LogP contribution >= 0.6 is 0 Å². The van der Waals surface area contributed by atoms with Crippen LogP contribution in [0.25, 0.3) is 0 Å². The summed E-state index contributed by atoms with van der Waals surface area (Å²) in [5, 5.41) is 0. The molecule has 8 nitrogen and oxygen atoms in total. The van der Waals surface area contributed by atoms with Crippen molar-refractivity contribution in [2.24, 2.45) is 5.41 Å². The standard InChI is InChI=1S/C17H28O8/c1(13-5-22-13)18-9-17(10-19-2-14-6-23-14,11-20-3-15-7-24-15)12-21-4-16-8-25-16/h13-16H,1-12H2/t13-,14-,15-,16+/m0/s1. The van der Waals surface area contributed by atoms with Crippen LogP contribution in [-0.4, -0.2) is 104 Å². The molecule has 0 aliphatic carbocycles. The molecule has 0 saturated carbocycles. The van der Waals surface area contributed by atoms with E-state index in [0.29, 0.717) is 52.9 Å². The molecule has 0 aromatic rings. The molecular formula is C17H28O8. The average Bonchev–Trinajstić information content (AvgIpc) is 3.44. The Morgan fingerprint density at radius 3 is 0.960 bits per heavy atom. The molecule has 8 heteroatoms. The van der Waals surface area contributed by atoms with Crippen molar-refractivity contribution in [3.63, 3.8) is 0 Å². The van der Waals surface area contributed by atoms with Gasteiger partial charge in [0.2, 0.25) is 0 Å². The second-order valence-corrected chi connectivity index (χ2v) is 7.38. The smallest absolute Gasteiger partial charge is 0.104 e. The highest BCUT2D eigenvalue weighted by Crippen LogP contribution is 2.24. The molecule has 4 aliphatic heterocycles. The molecule has 0 radical (unpaired) electrons. The van der Waals surface area contributed by atoms with Gasteiger partial charge in [0.05, 0.1) is 84.7 Å². The van der Waals surface area contributed by atoms with E-state index in [1.807, 2.05) is 0 Å². The Balaban J connectivity index is 1.27. The van der Waals surface area contributed by atoms with Crippen molar-refractivity contribution in [2.45, 2.75) is 24.4 Å². The minimum atomic E-state index is -0.354. The molecular weight excluding hydrogens is 332 g/mol. The molecule has 25 heavy (non-hydrogen) atoms. The monoisotopic (exact) mass is 360 g/mol. The van der Waals surface area contributed by atoms with Gasteiger partial charge < -0.3 is 37.9 Å². The summed E-state index contributed by atoms with van der Waals surface area (Å²) in [6.07, 6.45) is 0.945. The first-order chi connectivity index (χ1) is 12.3. The second kappa shape index (κ2) is 8.58. The highest BCUT2D eigenvalue weighted by molar-refractivity contribution is 4.82. The molecule has 0 bridgehead atoms. The van der Waals surface area contributed by atoms with E-state index < -0.39 is 0 Å². The van der Waals surface area contributed by atoms with Gasteiger partial charge >= 0.3 is 0 Å². The fourth-order valence-electron chi connectivity index (χ4n) is 2.53. The fourth-order valence-corrected chi connectivity index (χ4v) is 2.53. The quantitative estimate of drug-likeness (QED) is 0.345. The molecule has 0 aromatic carbocycles. The lowest BCUT2D eigenvalue weighted by atomic mass is 9.92.